The van der Waals surface area contributed by atoms with Crippen LogP contribution in [0, 0.1) is 17.8 Å². The summed E-state index contributed by atoms with van der Waals surface area (Å²) in [5.74, 6) is 2.63. The van der Waals surface area contributed by atoms with Crippen molar-refractivity contribution in [3.8, 4) is 12.3 Å². The predicted octanol–water partition coefficient (Wildman–Crippen LogP) is 3.00. The molecule has 0 saturated carbocycles. The van der Waals surface area contributed by atoms with E-state index in [1.54, 1.807) is 0 Å². The van der Waals surface area contributed by atoms with E-state index in [0.717, 1.165) is 19.3 Å². The maximum Gasteiger partial charge on any atom is 0.192 e. The van der Waals surface area contributed by atoms with Gasteiger partial charge in [-0.25, -0.2) is 0 Å². The Bertz CT molecular complexity index is 221. The Labute approximate surface area is 74.5 Å². The molecule has 0 N–H and O–H groups in total. The third-order valence-corrected chi connectivity index (χ3v) is 1.87. The highest BCUT2D eigenvalue weighted by molar-refractivity contribution is 4.99. The smallest absolute Gasteiger partial charge is 0.159 e. The van der Waals surface area contributed by atoms with E-state index in [1.165, 1.54) is 0 Å². The average Bonchev–Trinajstić information content (AvgIpc) is 2.62. The lowest BCUT2D eigenvalue weighted by molar-refractivity contribution is 0.306. The van der Waals surface area contributed by atoms with Crippen molar-refractivity contribution in [3.05, 3.63) is 0 Å². The summed E-state index contributed by atoms with van der Waals surface area (Å²) in [5.41, 5.74) is 0.183. The van der Waals surface area contributed by atoms with Gasteiger partial charge in [0.25, 0.3) is 0 Å². The Balaban J connectivity index is 2.36. The summed E-state index contributed by atoms with van der Waals surface area (Å²) in [6.07, 6.45) is 7.91. The van der Waals surface area contributed by atoms with E-state index in [4.69, 9.17) is 6.42 Å². The van der Waals surface area contributed by atoms with Crippen molar-refractivity contribution < 1.29 is 0 Å². The summed E-state index contributed by atoms with van der Waals surface area (Å²) in [5, 5.41) is 8.17. The number of rotatable bonds is 3. The Hall–Kier alpha value is -0.840. The highest BCUT2D eigenvalue weighted by Gasteiger charge is 2.42. The quantitative estimate of drug-likeness (QED) is 0.573. The van der Waals surface area contributed by atoms with Crippen LogP contribution in [-0.4, -0.2) is 5.66 Å². The average molecular weight is 164 g/mol. The lowest BCUT2D eigenvalue weighted by Crippen LogP contribution is -2.20. The van der Waals surface area contributed by atoms with Crippen molar-refractivity contribution in [1.82, 2.24) is 0 Å². The summed E-state index contributed by atoms with van der Waals surface area (Å²) >= 11 is 0. The van der Waals surface area contributed by atoms with Crippen LogP contribution in [-0.2, 0) is 0 Å². The van der Waals surface area contributed by atoms with Crippen LogP contribution in [0.25, 0.3) is 0 Å². The summed E-state index contributed by atoms with van der Waals surface area (Å²) < 4.78 is 0. The molecule has 0 atom stereocenters. The van der Waals surface area contributed by atoms with Gasteiger partial charge in [-0.15, -0.1) is 12.3 Å². The monoisotopic (exact) mass is 164 g/mol. The first-order chi connectivity index (χ1) is 5.47. The minimum absolute atomic E-state index is 0.107. The summed E-state index contributed by atoms with van der Waals surface area (Å²) in [6, 6.07) is 0. The van der Waals surface area contributed by atoms with Gasteiger partial charge in [0.2, 0.25) is 0 Å². The maximum absolute atomic E-state index is 5.19. The van der Waals surface area contributed by atoms with E-state index in [2.05, 4.69) is 36.9 Å². The van der Waals surface area contributed by atoms with Crippen LogP contribution in [0.4, 0.5) is 0 Å². The molecule has 0 saturated heterocycles. The molecule has 1 heterocycles. The first kappa shape index (κ1) is 9.25. The molecule has 0 unspecified atom stereocenters. The first-order valence-corrected chi connectivity index (χ1v) is 4.35. The molecule has 2 nitrogen and oxygen atoms in total. The maximum atomic E-state index is 5.19. The molecule has 0 fully saturated rings. The minimum atomic E-state index is -0.107. The van der Waals surface area contributed by atoms with Crippen LogP contribution in [0.3, 0.4) is 0 Å². The van der Waals surface area contributed by atoms with Crippen LogP contribution >= 0.6 is 0 Å². The minimum Gasteiger partial charge on any atom is -0.159 e. The first-order valence-electron chi connectivity index (χ1n) is 4.35. The van der Waals surface area contributed by atoms with Crippen molar-refractivity contribution >= 4 is 0 Å². The molecule has 12 heavy (non-hydrogen) atoms. The second-order valence-electron chi connectivity index (χ2n) is 4.62. The molecule has 0 bridgehead atoms. The molecule has 0 radical (unpaired) electrons. The SMILES string of the molecule is C#CCCC1(CC(C)(C)C)N=N1. The molecule has 0 aromatic rings. The molecule has 1 rings (SSSR count). The molecule has 0 spiro atoms. The highest BCUT2D eigenvalue weighted by Crippen LogP contribution is 2.42. The largest absolute Gasteiger partial charge is 0.192 e. The molecule has 0 aliphatic carbocycles. The fraction of sp³-hybridized carbons (Fsp3) is 0.800. The molecule has 0 aromatic heterocycles. The topological polar surface area (TPSA) is 24.7 Å². The van der Waals surface area contributed by atoms with Crippen molar-refractivity contribution in [1.29, 1.82) is 0 Å². The van der Waals surface area contributed by atoms with E-state index in [0.29, 0.717) is 0 Å². The molecule has 66 valence electrons. The fourth-order valence-corrected chi connectivity index (χ4v) is 1.45. The van der Waals surface area contributed by atoms with Gasteiger partial charge in [0.1, 0.15) is 0 Å². The zero-order valence-electron chi connectivity index (χ0n) is 8.09. The van der Waals surface area contributed by atoms with E-state index >= 15 is 0 Å². The molecule has 0 aromatic carbocycles. The Morgan fingerprint density at radius 2 is 1.92 bits per heavy atom. The Morgan fingerprint density at radius 1 is 1.33 bits per heavy atom. The lowest BCUT2D eigenvalue weighted by Gasteiger charge is -2.21. The second kappa shape index (κ2) is 2.90. The normalized spacial score (nSPS) is 18.8. The second-order valence-corrected chi connectivity index (χ2v) is 4.62. The van der Waals surface area contributed by atoms with Gasteiger partial charge in [0.15, 0.2) is 5.66 Å². The van der Waals surface area contributed by atoms with Crippen LogP contribution < -0.4 is 0 Å². The van der Waals surface area contributed by atoms with Gasteiger partial charge in [-0.05, 0) is 5.41 Å². The van der Waals surface area contributed by atoms with E-state index < -0.39 is 0 Å². The van der Waals surface area contributed by atoms with Crippen LogP contribution in [0.5, 0.6) is 0 Å². The third-order valence-electron chi connectivity index (χ3n) is 1.87. The third kappa shape index (κ3) is 2.65. The summed E-state index contributed by atoms with van der Waals surface area (Å²) in [6.45, 7) is 6.61. The van der Waals surface area contributed by atoms with E-state index in [9.17, 15) is 0 Å². The molecule has 2 heteroatoms. The molecule has 1 aliphatic rings. The molecule has 0 amide bonds. The summed E-state index contributed by atoms with van der Waals surface area (Å²) in [7, 11) is 0. The van der Waals surface area contributed by atoms with Gasteiger partial charge < -0.3 is 0 Å². The van der Waals surface area contributed by atoms with Gasteiger partial charge in [0, 0.05) is 19.3 Å². The Kier molecular flexibility index (Phi) is 2.23. The zero-order valence-corrected chi connectivity index (χ0v) is 8.09. The highest BCUT2D eigenvalue weighted by atomic mass is 15.4. The lowest BCUT2D eigenvalue weighted by atomic mass is 9.84. The van der Waals surface area contributed by atoms with E-state index in [-0.39, 0.29) is 11.1 Å². The summed E-state index contributed by atoms with van der Waals surface area (Å²) in [4.78, 5) is 0. The van der Waals surface area contributed by atoms with E-state index in [1.807, 2.05) is 0 Å². The zero-order chi connectivity index (χ0) is 9.24. The number of hydrogen-bond acceptors (Lipinski definition) is 2. The molecule has 1 aliphatic heterocycles. The van der Waals surface area contributed by atoms with Gasteiger partial charge in [-0.3, -0.25) is 0 Å². The number of nitrogens with zero attached hydrogens (tertiary/aromatic N) is 2. The van der Waals surface area contributed by atoms with Crippen molar-refractivity contribution in [3.63, 3.8) is 0 Å². The van der Waals surface area contributed by atoms with Crippen molar-refractivity contribution in [2.24, 2.45) is 15.6 Å². The van der Waals surface area contributed by atoms with Crippen LogP contribution in [0.15, 0.2) is 10.2 Å². The van der Waals surface area contributed by atoms with Crippen LogP contribution in [0.2, 0.25) is 0 Å². The van der Waals surface area contributed by atoms with Crippen molar-refractivity contribution in [2.45, 2.75) is 45.7 Å². The molecular weight excluding hydrogens is 148 g/mol. The standard InChI is InChI=1S/C10H16N2/c1-5-6-7-10(11-12-10)8-9(2,3)4/h1H,6-8H2,2-4H3. The van der Waals surface area contributed by atoms with Crippen molar-refractivity contribution in [2.75, 3.05) is 0 Å². The van der Waals surface area contributed by atoms with Gasteiger partial charge in [0.05, 0.1) is 0 Å². The fourth-order valence-electron chi connectivity index (χ4n) is 1.45. The number of hydrogen-bond donors (Lipinski definition) is 0. The van der Waals surface area contributed by atoms with Crippen LogP contribution in [0.1, 0.15) is 40.0 Å². The Morgan fingerprint density at radius 3 is 2.25 bits per heavy atom. The number of terminal acetylenes is 1. The van der Waals surface area contributed by atoms with Gasteiger partial charge >= 0.3 is 0 Å². The molecular formula is C10H16N2. The van der Waals surface area contributed by atoms with Gasteiger partial charge in [-0.1, -0.05) is 20.8 Å². The van der Waals surface area contributed by atoms with Gasteiger partial charge in [-0.2, -0.15) is 10.2 Å². The predicted molar refractivity (Wildman–Crippen MR) is 49.7 cm³/mol.